The molecule has 33 heavy (non-hydrogen) atoms. The molecular weight excluding hydrogens is 432 g/mol. The van der Waals surface area contributed by atoms with Gasteiger partial charge < -0.3 is 14.7 Å². The molecule has 3 aromatic rings. The largest absolute Gasteiger partial charge is 0.504 e. The van der Waals surface area contributed by atoms with E-state index in [1.165, 1.54) is 5.56 Å². The van der Waals surface area contributed by atoms with Gasteiger partial charge in [-0.15, -0.1) is 0 Å². The summed E-state index contributed by atoms with van der Waals surface area (Å²) in [4.78, 5) is 7.42. The lowest BCUT2D eigenvalue weighted by atomic mass is 9.55. The molecule has 3 atom stereocenters. The van der Waals surface area contributed by atoms with Crippen molar-refractivity contribution in [2.75, 3.05) is 20.7 Å². The minimum Gasteiger partial charge on any atom is -0.504 e. The SMILES string of the molecule is COc1ccc(C)c(C23CCN(C)C(C)C2Cc2cc(-c4ccc(Cl)cc4)cnc2C3)c1O. The van der Waals surface area contributed by atoms with Gasteiger partial charge in [0.05, 0.1) is 7.11 Å². The van der Waals surface area contributed by atoms with Crippen molar-refractivity contribution in [1.82, 2.24) is 9.88 Å². The molecule has 0 bridgehead atoms. The van der Waals surface area contributed by atoms with Crippen LogP contribution in [0.5, 0.6) is 11.5 Å². The van der Waals surface area contributed by atoms with E-state index >= 15 is 0 Å². The van der Waals surface area contributed by atoms with Gasteiger partial charge in [0.25, 0.3) is 0 Å². The average molecular weight is 463 g/mol. The molecule has 5 heteroatoms. The van der Waals surface area contributed by atoms with Gasteiger partial charge in [0, 0.05) is 45.9 Å². The van der Waals surface area contributed by atoms with Crippen LogP contribution in [-0.2, 0) is 18.3 Å². The zero-order valence-corrected chi connectivity index (χ0v) is 20.5. The Labute approximate surface area is 201 Å². The zero-order chi connectivity index (χ0) is 23.3. The second-order valence-electron chi connectivity index (χ2n) is 9.76. The molecule has 2 heterocycles. The minimum absolute atomic E-state index is 0.170. The van der Waals surface area contributed by atoms with Crippen molar-refractivity contribution in [3.05, 3.63) is 76.1 Å². The lowest BCUT2D eigenvalue weighted by molar-refractivity contribution is 0.0435. The highest BCUT2D eigenvalue weighted by Crippen LogP contribution is 2.54. The van der Waals surface area contributed by atoms with Crippen LogP contribution in [0.15, 0.2) is 48.7 Å². The number of fused-ring (bicyclic) bond motifs is 2. The van der Waals surface area contributed by atoms with Gasteiger partial charge in [-0.2, -0.15) is 0 Å². The number of rotatable bonds is 3. The molecule has 172 valence electrons. The Hall–Kier alpha value is -2.56. The number of likely N-dealkylation sites (tertiary alicyclic amines) is 1. The first kappa shape index (κ1) is 22.2. The maximum Gasteiger partial charge on any atom is 0.161 e. The third-order valence-corrected chi connectivity index (χ3v) is 8.38. The maximum atomic E-state index is 11.3. The summed E-state index contributed by atoms with van der Waals surface area (Å²) in [7, 11) is 3.83. The summed E-state index contributed by atoms with van der Waals surface area (Å²) in [5, 5.41) is 12.0. The molecule has 0 amide bonds. The number of benzene rings is 2. The third kappa shape index (κ3) is 3.60. The number of halogens is 1. The Morgan fingerprint density at radius 1 is 1.15 bits per heavy atom. The number of aromatic hydroxyl groups is 1. The number of aryl methyl sites for hydroxylation is 1. The lowest BCUT2D eigenvalue weighted by Crippen LogP contribution is -2.57. The lowest BCUT2D eigenvalue weighted by Gasteiger charge is -2.54. The summed E-state index contributed by atoms with van der Waals surface area (Å²) in [5.74, 6) is 1.20. The van der Waals surface area contributed by atoms with E-state index < -0.39 is 0 Å². The number of pyridine rings is 1. The van der Waals surface area contributed by atoms with Crippen molar-refractivity contribution in [1.29, 1.82) is 0 Å². The number of phenols is 1. The number of nitrogens with zero attached hydrogens (tertiary/aromatic N) is 2. The zero-order valence-electron chi connectivity index (χ0n) is 19.7. The van der Waals surface area contributed by atoms with Crippen LogP contribution in [0.2, 0.25) is 5.02 Å². The number of hydrogen-bond donors (Lipinski definition) is 1. The second kappa shape index (κ2) is 8.34. The van der Waals surface area contributed by atoms with Crippen molar-refractivity contribution in [2.24, 2.45) is 5.92 Å². The highest BCUT2D eigenvalue weighted by molar-refractivity contribution is 6.30. The molecule has 0 saturated carbocycles. The fourth-order valence-corrected chi connectivity index (χ4v) is 6.32. The molecule has 1 aliphatic carbocycles. The van der Waals surface area contributed by atoms with Crippen LogP contribution in [0.3, 0.4) is 0 Å². The van der Waals surface area contributed by atoms with E-state index in [4.69, 9.17) is 21.3 Å². The number of ether oxygens (including phenoxy) is 1. The van der Waals surface area contributed by atoms with Crippen LogP contribution >= 0.6 is 11.6 Å². The molecular formula is C28H31ClN2O2. The molecule has 1 N–H and O–H groups in total. The van der Waals surface area contributed by atoms with E-state index in [2.05, 4.69) is 37.9 Å². The van der Waals surface area contributed by atoms with Crippen molar-refractivity contribution in [2.45, 2.75) is 44.6 Å². The first-order valence-electron chi connectivity index (χ1n) is 11.6. The predicted molar refractivity (Wildman–Crippen MR) is 133 cm³/mol. The number of phenolic OH excluding ortho intramolecular Hbond substituents is 1. The fraction of sp³-hybridized carbons (Fsp3) is 0.393. The fourth-order valence-electron chi connectivity index (χ4n) is 6.19. The number of hydrogen-bond acceptors (Lipinski definition) is 4. The molecule has 0 radical (unpaired) electrons. The normalized spacial score (nSPS) is 24.8. The third-order valence-electron chi connectivity index (χ3n) is 8.13. The van der Waals surface area contributed by atoms with Gasteiger partial charge in [-0.1, -0.05) is 29.8 Å². The van der Waals surface area contributed by atoms with E-state index in [0.29, 0.717) is 23.5 Å². The predicted octanol–water partition coefficient (Wildman–Crippen LogP) is 5.80. The van der Waals surface area contributed by atoms with Gasteiger partial charge >= 0.3 is 0 Å². The summed E-state index contributed by atoms with van der Waals surface area (Å²) in [5.41, 5.74) is 6.69. The van der Waals surface area contributed by atoms with Crippen LogP contribution in [0.1, 0.15) is 35.7 Å². The monoisotopic (exact) mass is 462 g/mol. The van der Waals surface area contributed by atoms with E-state index in [1.54, 1.807) is 7.11 Å². The van der Waals surface area contributed by atoms with E-state index in [-0.39, 0.29) is 5.41 Å². The van der Waals surface area contributed by atoms with Crippen LogP contribution in [0, 0.1) is 12.8 Å². The second-order valence-corrected chi connectivity index (χ2v) is 10.2. The van der Waals surface area contributed by atoms with Crippen LogP contribution < -0.4 is 4.74 Å². The quantitative estimate of drug-likeness (QED) is 0.534. The van der Waals surface area contributed by atoms with Gasteiger partial charge in [-0.3, -0.25) is 4.98 Å². The van der Waals surface area contributed by atoms with Crippen LogP contribution in [0.4, 0.5) is 0 Å². The molecule has 1 fully saturated rings. The molecule has 5 rings (SSSR count). The molecule has 0 spiro atoms. The van der Waals surface area contributed by atoms with Gasteiger partial charge in [0.2, 0.25) is 0 Å². The summed E-state index contributed by atoms with van der Waals surface area (Å²) < 4.78 is 5.51. The number of piperidine rings is 1. The van der Waals surface area contributed by atoms with Crippen LogP contribution in [-0.4, -0.2) is 41.7 Å². The standard InChI is InChI=1S/C28H31ClN2O2/c1-17-5-10-25(33-4)27(32)26(17)28-11-12-31(3)18(2)23(28)14-20-13-21(16-30-24(20)15-28)19-6-8-22(29)9-7-19/h5-10,13,16,18,23,32H,11-12,14-15H2,1-4H3. The van der Waals surface area contributed by atoms with E-state index in [1.807, 2.05) is 36.5 Å². The number of methoxy groups -OCH3 is 1. The maximum absolute atomic E-state index is 11.3. The number of aromatic nitrogens is 1. The van der Waals surface area contributed by atoms with Crippen molar-refractivity contribution >= 4 is 11.6 Å². The summed E-state index contributed by atoms with van der Waals surface area (Å²) >= 11 is 6.09. The van der Waals surface area contributed by atoms with Gasteiger partial charge in [-0.05, 0) is 87.2 Å². The first-order valence-corrected chi connectivity index (χ1v) is 12.0. The molecule has 1 aliphatic heterocycles. The summed E-state index contributed by atoms with van der Waals surface area (Å²) in [6.45, 7) is 5.43. The van der Waals surface area contributed by atoms with Gasteiger partial charge in [0.15, 0.2) is 11.5 Å². The Kier molecular flexibility index (Phi) is 5.62. The first-order chi connectivity index (χ1) is 15.8. The van der Waals surface area contributed by atoms with E-state index in [9.17, 15) is 5.11 Å². The molecule has 2 aliphatic rings. The van der Waals surface area contributed by atoms with Crippen molar-refractivity contribution < 1.29 is 9.84 Å². The molecule has 1 aromatic heterocycles. The molecule has 4 nitrogen and oxygen atoms in total. The molecule has 2 aromatic carbocycles. The Balaban J connectivity index is 1.64. The summed E-state index contributed by atoms with van der Waals surface area (Å²) in [6, 6.07) is 14.6. The van der Waals surface area contributed by atoms with Crippen molar-refractivity contribution in [3.63, 3.8) is 0 Å². The van der Waals surface area contributed by atoms with Crippen LogP contribution in [0.25, 0.3) is 11.1 Å². The average Bonchev–Trinajstić information content (AvgIpc) is 2.81. The Morgan fingerprint density at radius 3 is 2.64 bits per heavy atom. The summed E-state index contributed by atoms with van der Waals surface area (Å²) in [6.07, 6.45) is 4.73. The topological polar surface area (TPSA) is 45.6 Å². The van der Waals surface area contributed by atoms with Crippen molar-refractivity contribution in [3.8, 4) is 22.6 Å². The Bertz CT molecular complexity index is 1190. The van der Waals surface area contributed by atoms with Gasteiger partial charge in [-0.25, -0.2) is 0 Å². The Morgan fingerprint density at radius 2 is 1.91 bits per heavy atom. The highest BCUT2D eigenvalue weighted by atomic mass is 35.5. The van der Waals surface area contributed by atoms with E-state index in [0.717, 1.165) is 58.8 Å². The molecule has 3 unspecified atom stereocenters. The molecule has 1 saturated heterocycles. The highest BCUT2D eigenvalue weighted by Gasteiger charge is 2.52. The smallest absolute Gasteiger partial charge is 0.161 e. The van der Waals surface area contributed by atoms with Gasteiger partial charge in [0.1, 0.15) is 0 Å². The minimum atomic E-state index is -0.170.